The topological polar surface area (TPSA) is 71.0 Å². The molecule has 42 heavy (non-hydrogen) atoms. The van der Waals surface area contributed by atoms with Gasteiger partial charge in [-0.25, -0.2) is 8.78 Å². The third-order valence-corrected chi connectivity index (χ3v) is 8.31. The van der Waals surface area contributed by atoms with Crippen molar-refractivity contribution < 1.29 is 23.1 Å². The predicted octanol–water partition coefficient (Wildman–Crippen LogP) is 7.96. The molecular weight excluding hydrogens is 536 g/mol. The summed E-state index contributed by atoms with van der Waals surface area (Å²) >= 11 is 0. The second-order valence-corrected chi connectivity index (χ2v) is 11.2. The zero-order valence-electron chi connectivity index (χ0n) is 24.3. The number of anilines is 2. The first-order valence-electron chi connectivity index (χ1n) is 14.7. The highest BCUT2D eigenvalue weighted by Gasteiger charge is 2.40. The van der Waals surface area contributed by atoms with Gasteiger partial charge in [0.25, 0.3) is 11.8 Å². The first kappa shape index (κ1) is 29.4. The number of rotatable bonds is 9. The van der Waals surface area contributed by atoms with E-state index in [-0.39, 0.29) is 17.7 Å². The second kappa shape index (κ2) is 12.4. The van der Waals surface area contributed by atoms with E-state index in [4.69, 9.17) is 4.74 Å². The fourth-order valence-corrected chi connectivity index (χ4v) is 6.02. The van der Waals surface area contributed by atoms with Gasteiger partial charge in [-0.2, -0.15) is 10.1 Å². The maximum absolute atomic E-state index is 14.3. The Morgan fingerprint density at radius 3 is 2.48 bits per heavy atom. The van der Waals surface area contributed by atoms with E-state index < -0.39 is 23.7 Å². The number of methoxy groups -OCH3 is 1. The lowest BCUT2D eigenvalue weighted by Gasteiger charge is -2.25. The zero-order valence-corrected chi connectivity index (χ0v) is 24.3. The van der Waals surface area contributed by atoms with Gasteiger partial charge in [0, 0.05) is 23.2 Å². The Hall–Kier alpha value is -4.07. The molecule has 0 saturated heterocycles. The Labute approximate surface area is 245 Å². The van der Waals surface area contributed by atoms with Gasteiger partial charge < -0.3 is 10.1 Å². The normalized spacial score (nSPS) is 17.7. The quantitative estimate of drug-likeness (QED) is 0.264. The highest BCUT2D eigenvalue weighted by atomic mass is 19.3. The van der Waals surface area contributed by atoms with Crippen LogP contribution in [0.3, 0.4) is 0 Å². The Kier molecular flexibility index (Phi) is 8.71. The molecule has 220 valence electrons. The molecule has 0 aromatic heterocycles. The van der Waals surface area contributed by atoms with E-state index in [9.17, 15) is 18.4 Å². The molecule has 3 aromatic rings. The van der Waals surface area contributed by atoms with Crippen molar-refractivity contribution in [2.75, 3.05) is 17.4 Å². The molecule has 0 spiro atoms. The lowest BCUT2D eigenvalue weighted by atomic mass is 9.84. The predicted molar refractivity (Wildman–Crippen MR) is 162 cm³/mol. The molecule has 6 nitrogen and oxygen atoms in total. The Morgan fingerprint density at radius 2 is 1.79 bits per heavy atom. The van der Waals surface area contributed by atoms with E-state index in [2.05, 4.69) is 10.4 Å². The van der Waals surface area contributed by atoms with Crippen molar-refractivity contribution >= 4 is 28.9 Å². The van der Waals surface area contributed by atoms with Crippen molar-refractivity contribution in [3.05, 3.63) is 77.9 Å². The average Bonchev–Trinajstić information content (AvgIpc) is 3.31. The van der Waals surface area contributed by atoms with Gasteiger partial charge in [-0.15, -0.1) is 0 Å². The number of nitrogens with one attached hydrogen (secondary N) is 1. The third-order valence-electron chi connectivity index (χ3n) is 8.31. The first-order chi connectivity index (χ1) is 20.2. The Balaban J connectivity index is 1.46. The highest BCUT2D eigenvalue weighted by molar-refractivity contribution is 6.28. The number of carbonyl (C=O) groups is 2. The maximum atomic E-state index is 14.3. The summed E-state index contributed by atoms with van der Waals surface area (Å²) in [6, 6.07) is 19.3. The first-order valence-corrected chi connectivity index (χ1v) is 14.7. The van der Waals surface area contributed by atoms with Gasteiger partial charge >= 0.3 is 0 Å². The molecule has 1 fully saturated rings. The molecule has 2 amide bonds. The van der Waals surface area contributed by atoms with Crippen molar-refractivity contribution in [2.24, 2.45) is 16.9 Å². The number of alkyl halides is 2. The monoisotopic (exact) mass is 573 g/mol. The summed E-state index contributed by atoms with van der Waals surface area (Å²) in [6.45, 7) is 3.04. The molecule has 3 aromatic carbocycles. The third kappa shape index (κ3) is 6.08. The van der Waals surface area contributed by atoms with Crippen molar-refractivity contribution in [1.82, 2.24) is 0 Å². The minimum Gasteiger partial charge on any atom is -0.496 e. The lowest BCUT2D eigenvalue weighted by Crippen LogP contribution is -2.36. The summed E-state index contributed by atoms with van der Waals surface area (Å²) in [5.41, 5.74) is 3.71. The Bertz CT molecular complexity index is 1480. The highest BCUT2D eigenvalue weighted by Crippen LogP contribution is 2.41. The van der Waals surface area contributed by atoms with Crippen LogP contribution in [0.2, 0.25) is 0 Å². The van der Waals surface area contributed by atoms with Gasteiger partial charge in [-0.3, -0.25) is 9.59 Å². The summed E-state index contributed by atoms with van der Waals surface area (Å²) in [7, 11) is 1.67. The fraction of sp³-hybridized carbons (Fsp3) is 0.382. The summed E-state index contributed by atoms with van der Waals surface area (Å²) in [6.07, 6.45) is 6.45. The van der Waals surface area contributed by atoms with Crippen molar-refractivity contribution in [1.29, 1.82) is 0 Å². The number of carbonyl (C=O) groups excluding carboxylic acids is 2. The van der Waals surface area contributed by atoms with Crippen LogP contribution in [0, 0.1) is 11.8 Å². The van der Waals surface area contributed by atoms with E-state index in [0.29, 0.717) is 17.3 Å². The molecule has 1 aliphatic heterocycles. The SMILES string of the molecule is CCC(F)(F)c1cccc(NC(=O)C2C(=O)N(c3cc(CC4CCCCC4)c(OC)c(-c4ccccc4)c3)N=C2C)c1. The maximum Gasteiger partial charge on any atom is 0.273 e. The number of hydrazone groups is 1. The number of nitrogens with zero attached hydrogens (tertiary/aromatic N) is 2. The molecule has 8 heteroatoms. The summed E-state index contributed by atoms with van der Waals surface area (Å²) in [4.78, 5) is 27.0. The second-order valence-electron chi connectivity index (χ2n) is 11.2. The molecule has 0 radical (unpaired) electrons. The van der Waals surface area contributed by atoms with Gasteiger partial charge in [0.15, 0.2) is 5.92 Å². The number of halogens is 2. The van der Waals surface area contributed by atoms with Crippen LogP contribution in [0.5, 0.6) is 5.75 Å². The summed E-state index contributed by atoms with van der Waals surface area (Å²) in [5, 5.41) is 8.45. The number of hydrogen-bond donors (Lipinski definition) is 1. The van der Waals surface area contributed by atoms with E-state index in [1.54, 1.807) is 14.0 Å². The molecule has 2 aliphatic rings. The largest absolute Gasteiger partial charge is 0.496 e. The average molecular weight is 574 g/mol. The molecular formula is C34H37F2N3O3. The zero-order chi connectivity index (χ0) is 29.9. The van der Waals surface area contributed by atoms with Crippen LogP contribution in [-0.2, 0) is 21.9 Å². The van der Waals surface area contributed by atoms with Crippen LogP contribution in [0.15, 0.2) is 71.8 Å². The molecule has 5 rings (SSSR count). The van der Waals surface area contributed by atoms with Crippen molar-refractivity contribution in [2.45, 2.75) is 64.7 Å². The molecule has 1 saturated carbocycles. The van der Waals surface area contributed by atoms with E-state index in [1.165, 1.54) is 55.5 Å². The van der Waals surface area contributed by atoms with E-state index in [0.717, 1.165) is 41.7 Å². The van der Waals surface area contributed by atoms with Gasteiger partial charge in [0.2, 0.25) is 5.91 Å². The number of hydrogen-bond acceptors (Lipinski definition) is 4. The van der Waals surface area contributed by atoms with Crippen LogP contribution in [0.1, 0.15) is 63.5 Å². The van der Waals surface area contributed by atoms with Crippen LogP contribution < -0.4 is 15.1 Å². The molecule has 1 N–H and O–H groups in total. The molecule has 1 aliphatic carbocycles. The minimum atomic E-state index is -3.02. The van der Waals surface area contributed by atoms with Gasteiger partial charge in [-0.1, -0.05) is 81.5 Å². The van der Waals surface area contributed by atoms with Gasteiger partial charge in [0.05, 0.1) is 18.5 Å². The lowest BCUT2D eigenvalue weighted by molar-refractivity contribution is -0.127. The smallest absolute Gasteiger partial charge is 0.273 e. The molecule has 1 unspecified atom stereocenters. The number of amides is 2. The molecule has 1 atom stereocenters. The molecule has 0 bridgehead atoms. The van der Waals surface area contributed by atoms with Gasteiger partial charge in [0.1, 0.15) is 5.75 Å². The fourth-order valence-electron chi connectivity index (χ4n) is 6.02. The van der Waals surface area contributed by atoms with Crippen LogP contribution in [0.4, 0.5) is 20.2 Å². The van der Waals surface area contributed by atoms with E-state index in [1.807, 2.05) is 42.5 Å². The van der Waals surface area contributed by atoms with Crippen LogP contribution >= 0.6 is 0 Å². The number of benzene rings is 3. The summed E-state index contributed by atoms with van der Waals surface area (Å²) < 4.78 is 34.5. The minimum absolute atomic E-state index is 0.190. The standard InChI is InChI=1S/C34H37F2N3O3/c1-4-34(35,36)26-16-11-17-27(20-26)37-32(40)30-22(2)38-39(33(30)41)28-19-25(18-23-12-7-5-8-13-23)31(42-3)29(21-28)24-14-9-6-10-15-24/h6,9-11,14-17,19-21,23,30H,4-5,7-8,12-13,18H2,1-3H3,(H,37,40). The molecule has 1 heterocycles. The van der Waals surface area contributed by atoms with Crippen LogP contribution in [0.25, 0.3) is 11.1 Å². The van der Waals surface area contributed by atoms with Crippen molar-refractivity contribution in [3.63, 3.8) is 0 Å². The Morgan fingerprint density at radius 1 is 1.05 bits per heavy atom. The van der Waals surface area contributed by atoms with Crippen molar-refractivity contribution in [3.8, 4) is 16.9 Å². The van der Waals surface area contributed by atoms with Crippen LogP contribution in [-0.4, -0.2) is 24.6 Å². The van der Waals surface area contributed by atoms with Gasteiger partial charge in [-0.05, 0) is 54.7 Å². The van der Waals surface area contributed by atoms with E-state index >= 15 is 0 Å². The summed E-state index contributed by atoms with van der Waals surface area (Å²) in [5.74, 6) is -3.99. The number of ether oxygens (including phenoxy) is 1.